The lowest BCUT2D eigenvalue weighted by Gasteiger charge is -2.21. The summed E-state index contributed by atoms with van der Waals surface area (Å²) in [6.07, 6.45) is 11.7. The number of nitrogens with zero attached hydrogens (tertiary/aromatic N) is 2. The highest BCUT2D eigenvalue weighted by Gasteiger charge is 2.16. The van der Waals surface area contributed by atoms with Crippen LogP contribution in [-0.4, -0.2) is 44.0 Å². The highest BCUT2D eigenvalue weighted by Crippen LogP contribution is 2.30. The molecule has 2 heterocycles. The molecule has 5 heteroatoms. The Hall–Kier alpha value is -3.23. The molecule has 4 rings (SSSR count). The number of unbranched alkanes of at least 4 members (excludes halogenated alkanes) is 1. The number of allylic oxidation sites excluding steroid dienone is 1. The van der Waals surface area contributed by atoms with Crippen LogP contribution in [0.25, 0.3) is 0 Å². The predicted molar refractivity (Wildman–Crippen MR) is 168 cm³/mol. The summed E-state index contributed by atoms with van der Waals surface area (Å²) in [5.74, 6) is 8.96. The number of methoxy groups -OCH3 is 1. The monoisotopic (exact) mass is 543 g/mol. The summed E-state index contributed by atoms with van der Waals surface area (Å²) in [4.78, 5) is 7.58. The lowest BCUT2D eigenvalue weighted by Crippen LogP contribution is -2.27. The number of nitrogens with one attached hydrogen (secondary N) is 1. The Bertz CT molecular complexity index is 1120. The zero-order valence-corrected chi connectivity index (χ0v) is 25.2. The van der Waals surface area contributed by atoms with Gasteiger partial charge in [0.05, 0.1) is 25.5 Å². The Balaban J connectivity index is 0.00000216. The van der Waals surface area contributed by atoms with Gasteiger partial charge in [0.2, 0.25) is 0 Å². The van der Waals surface area contributed by atoms with Crippen LogP contribution in [0, 0.1) is 11.8 Å². The molecule has 5 nitrogen and oxygen atoms in total. The van der Waals surface area contributed by atoms with Gasteiger partial charge in [0.15, 0.2) is 11.5 Å². The Morgan fingerprint density at radius 3 is 2.50 bits per heavy atom. The Morgan fingerprint density at radius 1 is 1.00 bits per heavy atom. The van der Waals surface area contributed by atoms with E-state index in [4.69, 9.17) is 14.5 Å². The fourth-order valence-corrected chi connectivity index (χ4v) is 5.03. The summed E-state index contributed by atoms with van der Waals surface area (Å²) in [7, 11) is 1.71. The molecule has 0 saturated carbocycles. The second kappa shape index (κ2) is 18.2. The van der Waals surface area contributed by atoms with E-state index in [-0.39, 0.29) is 6.04 Å². The first-order valence-corrected chi connectivity index (χ1v) is 15.4. The molecule has 0 amide bonds. The van der Waals surface area contributed by atoms with Crippen LogP contribution in [0.3, 0.4) is 0 Å². The molecule has 2 aromatic rings. The van der Waals surface area contributed by atoms with Gasteiger partial charge in [-0.2, -0.15) is 0 Å². The maximum Gasteiger partial charge on any atom is 0.161 e. The van der Waals surface area contributed by atoms with Gasteiger partial charge in [0.25, 0.3) is 0 Å². The van der Waals surface area contributed by atoms with Crippen molar-refractivity contribution in [3.05, 3.63) is 71.6 Å². The Labute approximate surface area is 243 Å². The summed E-state index contributed by atoms with van der Waals surface area (Å²) in [6.45, 7) is 10.1. The summed E-state index contributed by atoms with van der Waals surface area (Å²) in [6, 6.07) is 17.2. The molecular formula is C35H49N3O2. The number of hydrogen-bond acceptors (Lipinski definition) is 5. The molecule has 2 aliphatic heterocycles. The van der Waals surface area contributed by atoms with E-state index in [0.29, 0.717) is 6.61 Å². The van der Waals surface area contributed by atoms with Gasteiger partial charge < -0.3 is 19.7 Å². The maximum atomic E-state index is 6.13. The van der Waals surface area contributed by atoms with Crippen LogP contribution in [-0.2, 0) is 0 Å². The molecule has 0 fully saturated rings. The first-order valence-electron chi connectivity index (χ1n) is 15.4. The number of hydrogen-bond donors (Lipinski definition) is 1. The zero-order chi connectivity index (χ0) is 28.4. The average molecular weight is 544 g/mol. The third-order valence-electron chi connectivity index (χ3n) is 7.19. The van der Waals surface area contributed by atoms with Crippen molar-refractivity contribution in [2.24, 2.45) is 4.99 Å². The molecule has 0 aromatic heterocycles. The van der Waals surface area contributed by atoms with Crippen molar-refractivity contribution in [1.29, 1.82) is 0 Å². The lowest BCUT2D eigenvalue weighted by molar-refractivity contribution is 0.237. The van der Waals surface area contributed by atoms with Crippen molar-refractivity contribution < 1.29 is 9.47 Å². The van der Waals surface area contributed by atoms with E-state index in [1.54, 1.807) is 7.11 Å². The molecule has 2 aliphatic rings. The normalized spacial score (nSPS) is 16.0. The molecule has 216 valence electrons. The summed E-state index contributed by atoms with van der Waals surface area (Å²) in [5, 5.41) is 3.76. The van der Waals surface area contributed by atoms with Crippen molar-refractivity contribution in [2.75, 3.05) is 33.4 Å². The average Bonchev–Trinajstić information content (AvgIpc) is 3.42. The molecule has 0 saturated heterocycles. The predicted octanol–water partition coefficient (Wildman–Crippen LogP) is 7.93. The molecular weight excluding hydrogens is 494 g/mol. The van der Waals surface area contributed by atoms with Crippen molar-refractivity contribution in [3.63, 3.8) is 0 Å². The van der Waals surface area contributed by atoms with E-state index >= 15 is 0 Å². The van der Waals surface area contributed by atoms with Gasteiger partial charge in [-0.15, -0.1) is 11.8 Å². The van der Waals surface area contributed by atoms with Gasteiger partial charge >= 0.3 is 0 Å². The SMILES string of the molecule is CC.CCCCC(NC1=CCCCC(c2ccc(OCCCN3CCC#CCC3)c(OC)c2)=N1)c1ccccc1. The van der Waals surface area contributed by atoms with Crippen LogP contribution in [0.15, 0.2) is 65.4 Å². The first kappa shape index (κ1) is 31.3. The Kier molecular flexibility index (Phi) is 14.2. The Morgan fingerprint density at radius 2 is 1.77 bits per heavy atom. The number of benzene rings is 2. The van der Waals surface area contributed by atoms with Crippen LogP contribution in [0.4, 0.5) is 0 Å². The first-order chi connectivity index (χ1) is 19.8. The summed E-state index contributed by atoms with van der Waals surface area (Å²) >= 11 is 0. The van der Waals surface area contributed by atoms with Crippen molar-refractivity contribution in [1.82, 2.24) is 10.2 Å². The highest BCUT2D eigenvalue weighted by atomic mass is 16.5. The minimum Gasteiger partial charge on any atom is -0.493 e. The quantitative estimate of drug-likeness (QED) is 0.206. The number of rotatable bonds is 13. The molecule has 2 aromatic carbocycles. The summed E-state index contributed by atoms with van der Waals surface area (Å²) in [5.41, 5.74) is 3.50. The smallest absolute Gasteiger partial charge is 0.161 e. The third kappa shape index (κ3) is 10.1. The van der Waals surface area contributed by atoms with Gasteiger partial charge in [-0.05, 0) is 67.5 Å². The van der Waals surface area contributed by atoms with Crippen LogP contribution in [0.2, 0.25) is 0 Å². The topological polar surface area (TPSA) is 46.1 Å². The van der Waals surface area contributed by atoms with Crippen LogP contribution in [0.1, 0.15) is 95.7 Å². The molecule has 0 aliphatic carbocycles. The lowest BCUT2D eigenvalue weighted by atomic mass is 10.0. The molecule has 1 atom stereocenters. The minimum atomic E-state index is 0.262. The number of aliphatic imine (C=N–C) groups is 1. The molecule has 1 unspecified atom stereocenters. The van der Waals surface area contributed by atoms with Crippen LogP contribution >= 0.6 is 0 Å². The second-order valence-electron chi connectivity index (χ2n) is 10.1. The van der Waals surface area contributed by atoms with Crippen molar-refractivity contribution in [3.8, 4) is 23.3 Å². The largest absolute Gasteiger partial charge is 0.493 e. The van der Waals surface area contributed by atoms with Crippen molar-refractivity contribution >= 4 is 5.71 Å². The van der Waals surface area contributed by atoms with Gasteiger partial charge in [-0.3, -0.25) is 0 Å². The van der Waals surface area contributed by atoms with Crippen molar-refractivity contribution in [2.45, 2.75) is 84.6 Å². The van der Waals surface area contributed by atoms with Gasteiger partial charge in [0, 0.05) is 32.5 Å². The molecule has 0 bridgehead atoms. The second-order valence-corrected chi connectivity index (χ2v) is 10.1. The molecule has 1 N–H and O–H groups in total. The zero-order valence-electron chi connectivity index (χ0n) is 25.2. The highest BCUT2D eigenvalue weighted by molar-refractivity contribution is 6.01. The summed E-state index contributed by atoms with van der Waals surface area (Å²) < 4.78 is 11.9. The maximum absolute atomic E-state index is 6.13. The molecule has 0 spiro atoms. The van der Waals surface area contributed by atoms with Crippen LogP contribution < -0.4 is 14.8 Å². The third-order valence-corrected chi connectivity index (χ3v) is 7.19. The van der Waals surface area contributed by atoms with Crippen LogP contribution in [0.5, 0.6) is 11.5 Å². The fourth-order valence-electron chi connectivity index (χ4n) is 5.03. The van der Waals surface area contributed by atoms with E-state index in [1.807, 2.05) is 19.9 Å². The van der Waals surface area contributed by atoms with Gasteiger partial charge in [-0.25, -0.2) is 4.99 Å². The minimum absolute atomic E-state index is 0.262. The molecule has 0 radical (unpaired) electrons. The van der Waals surface area contributed by atoms with E-state index in [2.05, 4.69) is 77.5 Å². The van der Waals surface area contributed by atoms with Gasteiger partial charge in [0.1, 0.15) is 5.82 Å². The van der Waals surface area contributed by atoms with Gasteiger partial charge in [-0.1, -0.05) is 63.9 Å². The van der Waals surface area contributed by atoms with E-state index in [1.165, 1.54) is 18.4 Å². The number of ether oxygens (including phenoxy) is 2. The van der Waals surface area contributed by atoms with E-state index < -0.39 is 0 Å². The molecule has 40 heavy (non-hydrogen) atoms. The van der Waals surface area contributed by atoms with E-state index in [9.17, 15) is 0 Å². The fraction of sp³-hybridized carbons (Fsp3) is 0.514. The standard InChI is InChI=1S/C33H43N3O2.C2H6/c1-3-4-17-29(27-15-8-7-9-16-27)34-33-19-11-10-18-30(35-33)28-20-21-31(32(26-28)37-2)38-25-14-24-36-22-12-5-6-13-23-36;1-2/h7-9,15-16,19-21,26,29,34H,3-4,10-14,17-18,22-25H2,1-2H3;1-2H3. The van der Waals surface area contributed by atoms with E-state index in [0.717, 1.165) is 93.2 Å².